The lowest BCUT2D eigenvalue weighted by Gasteiger charge is -2.18. The molecule has 0 spiro atoms. The first-order chi connectivity index (χ1) is 45.7. The van der Waals surface area contributed by atoms with Gasteiger partial charge in [-0.25, -0.2) is 14.4 Å². The van der Waals surface area contributed by atoms with Gasteiger partial charge in [0.2, 0.25) is 0 Å². The number of unbranched alkanes of at least 4 members (excludes halogenated alkanes) is 21. The highest BCUT2D eigenvalue weighted by atomic mass is 16.6. The summed E-state index contributed by atoms with van der Waals surface area (Å²) in [6.45, 7) is 0.773. The summed E-state index contributed by atoms with van der Waals surface area (Å²) < 4.78 is 34.0. The molecule has 9 rings (SSSR count). The average molecular weight is 1260 g/mol. The van der Waals surface area contributed by atoms with E-state index in [1.165, 1.54) is 0 Å². The lowest BCUT2D eigenvalue weighted by atomic mass is 10.00. The molecule has 12 nitrogen and oxygen atoms in total. The van der Waals surface area contributed by atoms with Gasteiger partial charge in [0.25, 0.3) is 0 Å². The molecule has 488 valence electrons. The lowest BCUT2D eigenvalue weighted by Crippen LogP contribution is -2.30. The minimum atomic E-state index is -0.901. The zero-order valence-electron chi connectivity index (χ0n) is 54.2. The largest absolute Gasteiger partial charge is 0.462 e. The first-order valence-corrected chi connectivity index (χ1v) is 34.4. The Hall–Kier alpha value is -8.64. The molecule has 0 fully saturated rings. The molecule has 0 unspecified atom stereocenters. The molecule has 0 aliphatic carbocycles. The first-order valence-electron chi connectivity index (χ1n) is 34.4. The Kier molecular flexibility index (Phi) is 27.9. The number of carbonyl (C=O) groups is 6. The summed E-state index contributed by atoms with van der Waals surface area (Å²) in [6.07, 6.45) is 22.1. The number of rotatable bonds is 41. The highest BCUT2D eigenvalue weighted by Crippen LogP contribution is 2.30. The van der Waals surface area contributed by atoms with Gasteiger partial charge >= 0.3 is 35.8 Å². The SMILES string of the molecule is O=C(CCCCCCCCCCOC(=O)c1cccc2cc3ccccc3cc12)OCC(COC(=O)CCCCCCCCCCOC(=O)c1cccc2cc3ccccc3cc12)OC(=O)CCCCCCCCCCOC(=O)c1cccc2cc3ccccc3cc12. The van der Waals surface area contributed by atoms with E-state index in [1.54, 1.807) is 0 Å². The van der Waals surface area contributed by atoms with E-state index >= 15 is 0 Å². The molecule has 12 heteroatoms. The maximum Gasteiger partial charge on any atom is 0.338 e. The van der Waals surface area contributed by atoms with E-state index in [-0.39, 0.29) is 62.3 Å². The van der Waals surface area contributed by atoms with Crippen LogP contribution in [0, 0.1) is 0 Å². The van der Waals surface area contributed by atoms with Crippen LogP contribution in [0.2, 0.25) is 0 Å². The highest BCUT2D eigenvalue weighted by molar-refractivity contribution is 6.11. The Morgan fingerprint density at radius 3 is 0.796 bits per heavy atom. The molecule has 0 aliphatic heterocycles. The summed E-state index contributed by atoms with van der Waals surface area (Å²) in [5.74, 6) is -2.05. The van der Waals surface area contributed by atoms with E-state index in [9.17, 15) is 28.8 Å². The van der Waals surface area contributed by atoms with Gasteiger partial charge in [0.15, 0.2) is 6.10 Å². The number of fused-ring (bicyclic) bond motifs is 6. The van der Waals surface area contributed by atoms with Crippen LogP contribution < -0.4 is 0 Å². The van der Waals surface area contributed by atoms with Crippen molar-refractivity contribution >= 4 is 100 Å². The van der Waals surface area contributed by atoms with Gasteiger partial charge in [0.05, 0.1) is 36.5 Å². The van der Waals surface area contributed by atoms with Gasteiger partial charge in [0, 0.05) is 19.3 Å². The van der Waals surface area contributed by atoms with Crippen LogP contribution in [0.4, 0.5) is 0 Å². The second-order valence-electron chi connectivity index (χ2n) is 24.8. The molecule has 0 aromatic heterocycles. The molecule has 0 saturated heterocycles. The van der Waals surface area contributed by atoms with Crippen LogP contribution in [0.1, 0.15) is 204 Å². The molecule has 9 aromatic carbocycles. The normalized spacial score (nSPS) is 11.5. The second-order valence-corrected chi connectivity index (χ2v) is 24.8. The van der Waals surface area contributed by atoms with Gasteiger partial charge in [-0.15, -0.1) is 0 Å². The molecule has 0 saturated carbocycles. The third-order valence-electron chi connectivity index (χ3n) is 17.6. The van der Waals surface area contributed by atoms with Crippen LogP contribution in [0.3, 0.4) is 0 Å². The van der Waals surface area contributed by atoms with Crippen molar-refractivity contribution in [3.05, 3.63) is 180 Å². The zero-order valence-corrected chi connectivity index (χ0v) is 54.2. The third-order valence-corrected chi connectivity index (χ3v) is 17.6. The van der Waals surface area contributed by atoms with Crippen LogP contribution in [0.15, 0.2) is 164 Å². The van der Waals surface area contributed by atoms with Crippen LogP contribution in [-0.2, 0) is 42.8 Å². The van der Waals surface area contributed by atoms with E-state index in [1.807, 2.05) is 91.0 Å². The number of carbonyl (C=O) groups excluding carboxylic acids is 6. The summed E-state index contributed by atoms with van der Waals surface area (Å²) in [4.78, 5) is 78.1. The molecule has 0 N–H and O–H groups in total. The number of ether oxygens (including phenoxy) is 6. The Balaban J connectivity index is 0.608. The quantitative estimate of drug-likeness (QED) is 0.0155. The van der Waals surface area contributed by atoms with E-state index < -0.39 is 12.1 Å². The van der Waals surface area contributed by atoms with Crippen molar-refractivity contribution in [3.63, 3.8) is 0 Å². The predicted octanol–water partition coefficient (Wildman–Crippen LogP) is 20.0. The van der Waals surface area contributed by atoms with Crippen molar-refractivity contribution in [2.75, 3.05) is 33.0 Å². The summed E-state index contributed by atoms with van der Waals surface area (Å²) >= 11 is 0. The van der Waals surface area contributed by atoms with E-state index in [0.29, 0.717) is 55.8 Å². The van der Waals surface area contributed by atoms with Crippen molar-refractivity contribution in [2.45, 2.75) is 179 Å². The molecule has 0 heterocycles. The molecular formula is C81H92O12. The topological polar surface area (TPSA) is 158 Å². The molecule has 0 aliphatic rings. The van der Waals surface area contributed by atoms with Crippen LogP contribution in [0.25, 0.3) is 64.6 Å². The smallest absolute Gasteiger partial charge is 0.338 e. The Bertz CT molecular complexity index is 3740. The van der Waals surface area contributed by atoms with Crippen LogP contribution in [-0.4, -0.2) is 75.0 Å². The van der Waals surface area contributed by atoms with E-state index in [4.69, 9.17) is 28.4 Å². The Labute approximate surface area is 548 Å². The maximum atomic E-state index is 13.1. The molecule has 93 heavy (non-hydrogen) atoms. The van der Waals surface area contributed by atoms with Gasteiger partial charge in [0.1, 0.15) is 13.2 Å². The van der Waals surface area contributed by atoms with Crippen molar-refractivity contribution in [2.24, 2.45) is 0 Å². The fourth-order valence-electron chi connectivity index (χ4n) is 12.3. The van der Waals surface area contributed by atoms with E-state index in [0.717, 1.165) is 199 Å². The second kappa shape index (κ2) is 37.8. The number of hydrogen-bond donors (Lipinski definition) is 0. The first kappa shape index (κ1) is 68.7. The van der Waals surface area contributed by atoms with Crippen molar-refractivity contribution in [1.29, 1.82) is 0 Å². The van der Waals surface area contributed by atoms with Crippen molar-refractivity contribution in [1.82, 2.24) is 0 Å². The van der Waals surface area contributed by atoms with Gasteiger partial charge in [-0.1, -0.05) is 225 Å². The average Bonchev–Trinajstić information content (AvgIpc) is 0.881. The molecule has 0 atom stereocenters. The van der Waals surface area contributed by atoms with Crippen molar-refractivity contribution < 1.29 is 57.2 Å². The minimum Gasteiger partial charge on any atom is -0.462 e. The maximum absolute atomic E-state index is 13.1. The fraction of sp³-hybridized carbons (Fsp3) is 0.407. The third kappa shape index (κ3) is 22.0. The highest BCUT2D eigenvalue weighted by Gasteiger charge is 2.21. The van der Waals surface area contributed by atoms with Crippen LogP contribution in [0.5, 0.6) is 0 Å². The van der Waals surface area contributed by atoms with Gasteiger partial charge in [-0.3, -0.25) is 14.4 Å². The Morgan fingerprint density at radius 1 is 0.247 bits per heavy atom. The monoisotopic (exact) mass is 1260 g/mol. The predicted molar refractivity (Wildman–Crippen MR) is 372 cm³/mol. The number of hydrogen-bond acceptors (Lipinski definition) is 12. The number of benzene rings is 9. The standard InChI is InChI=1S/C81H92O12/c82-76(46-19-13-7-1-4-10-16-28-49-88-79(85)70-43-31-40-66-52-60-34-22-25-37-63(60)55-73(66)70)91-58-69(93-78(84)48-21-15-9-3-6-12-18-30-51-90-81(87)72-45-33-42-68-54-62-36-24-27-39-65(62)57-75(68)72)59-92-77(83)47-20-14-8-2-5-11-17-29-50-89-80(86)71-44-32-41-67-53-61-35-23-26-38-64(61)56-74(67)71/h22-27,31-45,52-57,69H,1-21,28-30,46-51,58-59H2. The molecular weight excluding hydrogens is 1160 g/mol. The fourth-order valence-corrected chi connectivity index (χ4v) is 12.3. The minimum absolute atomic E-state index is 0.184. The van der Waals surface area contributed by atoms with E-state index in [2.05, 4.69) is 72.8 Å². The summed E-state index contributed by atoms with van der Waals surface area (Å²) in [7, 11) is 0. The number of esters is 6. The molecule has 0 radical (unpaired) electrons. The molecule has 0 bridgehead atoms. The van der Waals surface area contributed by atoms with Gasteiger partial charge in [-0.05, 0) is 158 Å². The van der Waals surface area contributed by atoms with Gasteiger partial charge < -0.3 is 28.4 Å². The van der Waals surface area contributed by atoms with Crippen molar-refractivity contribution in [3.8, 4) is 0 Å². The summed E-state index contributed by atoms with van der Waals surface area (Å²) in [6, 6.07) is 54.2. The van der Waals surface area contributed by atoms with Gasteiger partial charge in [-0.2, -0.15) is 0 Å². The molecule has 0 amide bonds. The zero-order chi connectivity index (χ0) is 64.7. The van der Waals surface area contributed by atoms with Crippen LogP contribution >= 0.6 is 0 Å². The Morgan fingerprint density at radius 2 is 0.495 bits per heavy atom. The summed E-state index contributed by atoms with van der Waals surface area (Å²) in [5.41, 5.74) is 1.76. The molecule has 9 aromatic rings. The summed E-state index contributed by atoms with van der Waals surface area (Å²) in [5, 5.41) is 12.4. The lowest BCUT2D eigenvalue weighted by molar-refractivity contribution is -0.167.